The average Bonchev–Trinajstić information content (AvgIpc) is 2.45. The Balaban J connectivity index is 2.80. The van der Waals surface area contributed by atoms with Crippen molar-refractivity contribution in [3.8, 4) is 5.75 Å². The summed E-state index contributed by atoms with van der Waals surface area (Å²) in [4.78, 5) is 22.7. The highest BCUT2D eigenvalue weighted by Crippen LogP contribution is 2.34. The number of anilines is 1. The minimum Gasteiger partial charge on any atom is -0.492 e. The molecule has 0 saturated carbocycles. The van der Waals surface area contributed by atoms with Crippen LogP contribution in [0.2, 0.25) is 0 Å². The lowest BCUT2D eigenvalue weighted by atomic mass is 10.1. The molecule has 0 atom stereocenters. The maximum Gasteiger partial charge on any atom is 0.416 e. The molecule has 3 amide bonds. The van der Waals surface area contributed by atoms with E-state index < -0.39 is 23.7 Å². The van der Waals surface area contributed by atoms with Crippen LogP contribution in [0.15, 0.2) is 18.2 Å². The van der Waals surface area contributed by atoms with Crippen molar-refractivity contribution in [3.05, 3.63) is 23.8 Å². The normalized spacial score (nSPS) is 10.8. The second-order valence-electron chi connectivity index (χ2n) is 4.40. The van der Waals surface area contributed by atoms with Crippen LogP contribution in [0.5, 0.6) is 5.75 Å². The van der Waals surface area contributed by atoms with E-state index in [1.165, 1.54) is 6.07 Å². The van der Waals surface area contributed by atoms with Gasteiger partial charge in [0.05, 0.1) is 24.4 Å². The third kappa shape index (κ3) is 6.05. The Morgan fingerprint density at radius 2 is 1.91 bits per heavy atom. The zero-order valence-electron chi connectivity index (χ0n) is 12.7. The molecular weight excluding hydrogens is 315 g/mol. The maximum absolute atomic E-state index is 12.7. The summed E-state index contributed by atoms with van der Waals surface area (Å²) >= 11 is 0. The summed E-state index contributed by atoms with van der Waals surface area (Å²) in [5.74, 6) is -0.498. The number of ether oxygens (including phenoxy) is 1. The zero-order valence-corrected chi connectivity index (χ0v) is 12.7. The van der Waals surface area contributed by atoms with Crippen LogP contribution in [-0.2, 0) is 11.0 Å². The highest BCUT2D eigenvalue weighted by atomic mass is 19.4. The molecule has 1 aromatic rings. The third-order valence-corrected chi connectivity index (χ3v) is 2.64. The molecule has 0 aliphatic carbocycles. The fraction of sp³-hybridized carbons (Fsp3) is 0.429. The maximum atomic E-state index is 12.7. The topological polar surface area (TPSA) is 79.5 Å². The Morgan fingerprint density at radius 1 is 1.22 bits per heavy atom. The number of imide groups is 1. The number of halogens is 3. The van der Waals surface area contributed by atoms with Gasteiger partial charge in [0.2, 0.25) is 5.91 Å². The molecule has 0 unspecified atom stereocenters. The Hall–Kier alpha value is -2.45. The SMILES string of the molecule is CCNC(=O)NC(=O)CNc1cc(C(F)(F)F)ccc1OCC. The summed E-state index contributed by atoms with van der Waals surface area (Å²) in [5.41, 5.74) is -0.847. The smallest absolute Gasteiger partial charge is 0.416 e. The van der Waals surface area contributed by atoms with Crippen LogP contribution >= 0.6 is 0 Å². The monoisotopic (exact) mass is 333 g/mol. The van der Waals surface area contributed by atoms with Crippen LogP contribution in [0.3, 0.4) is 0 Å². The highest BCUT2D eigenvalue weighted by molar-refractivity contribution is 5.96. The summed E-state index contributed by atoms with van der Waals surface area (Å²) in [7, 11) is 0. The van der Waals surface area contributed by atoms with Crippen LogP contribution in [0, 0.1) is 0 Å². The number of amides is 3. The lowest BCUT2D eigenvalue weighted by Crippen LogP contribution is -2.41. The molecule has 1 aromatic carbocycles. The van der Waals surface area contributed by atoms with E-state index >= 15 is 0 Å². The van der Waals surface area contributed by atoms with Crippen LogP contribution in [0.25, 0.3) is 0 Å². The van der Waals surface area contributed by atoms with Gasteiger partial charge in [-0.1, -0.05) is 0 Å². The first-order valence-corrected chi connectivity index (χ1v) is 6.93. The summed E-state index contributed by atoms with van der Waals surface area (Å²) < 4.78 is 43.4. The molecular formula is C14H18F3N3O3. The fourth-order valence-electron chi connectivity index (χ4n) is 1.68. The molecule has 6 nitrogen and oxygen atoms in total. The van der Waals surface area contributed by atoms with Gasteiger partial charge in [0.25, 0.3) is 0 Å². The molecule has 0 bridgehead atoms. The van der Waals surface area contributed by atoms with Crippen molar-refractivity contribution in [2.24, 2.45) is 0 Å². The minimum absolute atomic E-state index is 0.0210. The molecule has 0 spiro atoms. The van der Waals surface area contributed by atoms with Gasteiger partial charge in [-0.25, -0.2) is 4.79 Å². The Bertz CT molecular complexity index is 562. The van der Waals surface area contributed by atoms with E-state index in [0.29, 0.717) is 6.54 Å². The number of rotatable bonds is 6. The van der Waals surface area contributed by atoms with Crippen LogP contribution < -0.4 is 20.7 Å². The highest BCUT2D eigenvalue weighted by Gasteiger charge is 2.31. The first-order valence-electron chi connectivity index (χ1n) is 6.93. The molecule has 0 aliphatic heterocycles. The first kappa shape index (κ1) is 18.6. The number of carbonyl (C=O) groups is 2. The molecule has 3 N–H and O–H groups in total. The van der Waals surface area contributed by atoms with Gasteiger partial charge >= 0.3 is 12.2 Å². The lowest BCUT2D eigenvalue weighted by molar-refractivity contribution is -0.137. The number of urea groups is 1. The van der Waals surface area contributed by atoms with Crippen molar-refractivity contribution in [1.29, 1.82) is 0 Å². The van der Waals surface area contributed by atoms with Crippen molar-refractivity contribution in [2.45, 2.75) is 20.0 Å². The van der Waals surface area contributed by atoms with Crippen molar-refractivity contribution >= 4 is 17.6 Å². The first-order chi connectivity index (χ1) is 10.8. The fourth-order valence-corrected chi connectivity index (χ4v) is 1.68. The number of carbonyl (C=O) groups excluding carboxylic acids is 2. The van der Waals surface area contributed by atoms with Gasteiger partial charge in [0.15, 0.2) is 0 Å². The molecule has 23 heavy (non-hydrogen) atoms. The summed E-state index contributed by atoms with van der Waals surface area (Å²) in [6, 6.07) is 2.25. The van der Waals surface area contributed by atoms with Gasteiger partial charge in [0, 0.05) is 6.54 Å². The Labute approximate surface area is 131 Å². The van der Waals surface area contributed by atoms with E-state index in [1.807, 2.05) is 5.32 Å². The van der Waals surface area contributed by atoms with Gasteiger partial charge in [-0.2, -0.15) is 13.2 Å². The number of benzene rings is 1. The van der Waals surface area contributed by atoms with E-state index in [1.54, 1.807) is 13.8 Å². The molecule has 0 fully saturated rings. The standard InChI is InChI=1S/C14H18F3N3O3/c1-3-18-13(22)20-12(21)8-19-10-7-9(14(15,16)17)5-6-11(10)23-4-2/h5-7,19H,3-4,8H2,1-2H3,(H2,18,20,21,22). The van der Waals surface area contributed by atoms with Gasteiger partial charge in [-0.15, -0.1) is 0 Å². The van der Waals surface area contributed by atoms with E-state index in [9.17, 15) is 22.8 Å². The molecule has 1 rings (SSSR count). The quantitative estimate of drug-likeness (QED) is 0.747. The third-order valence-electron chi connectivity index (χ3n) is 2.64. The molecule has 0 aliphatic rings. The average molecular weight is 333 g/mol. The number of hydrogen-bond acceptors (Lipinski definition) is 4. The predicted molar refractivity (Wildman–Crippen MR) is 78.3 cm³/mol. The van der Waals surface area contributed by atoms with Gasteiger partial charge < -0.3 is 15.4 Å². The second kappa shape index (κ2) is 8.25. The summed E-state index contributed by atoms with van der Waals surface area (Å²) in [6.45, 7) is 3.58. The molecule has 0 radical (unpaired) electrons. The summed E-state index contributed by atoms with van der Waals surface area (Å²) in [6.07, 6.45) is -4.51. The predicted octanol–water partition coefficient (Wildman–Crippen LogP) is 2.36. The molecule has 0 heterocycles. The van der Waals surface area contributed by atoms with Crippen LogP contribution in [0.4, 0.5) is 23.7 Å². The van der Waals surface area contributed by atoms with Crippen LogP contribution in [0.1, 0.15) is 19.4 Å². The number of nitrogens with one attached hydrogen (secondary N) is 3. The van der Waals surface area contributed by atoms with Crippen molar-refractivity contribution in [1.82, 2.24) is 10.6 Å². The van der Waals surface area contributed by atoms with Crippen molar-refractivity contribution in [3.63, 3.8) is 0 Å². The molecule has 0 aromatic heterocycles. The van der Waals surface area contributed by atoms with Crippen LogP contribution in [-0.4, -0.2) is 31.6 Å². The van der Waals surface area contributed by atoms with Gasteiger partial charge in [0.1, 0.15) is 5.75 Å². The van der Waals surface area contributed by atoms with E-state index in [0.717, 1.165) is 12.1 Å². The lowest BCUT2D eigenvalue weighted by Gasteiger charge is -2.15. The van der Waals surface area contributed by atoms with E-state index in [2.05, 4.69) is 10.6 Å². The Kier molecular flexibility index (Phi) is 6.67. The summed E-state index contributed by atoms with van der Waals surface area (Å²) in [5, 5.41) is 6.94. The number of alkyl halides is 3. The molecule has 9 heteroatoms. The zero-order chi connectivity index (χ0) is 17.5. The second-order valence-corrected chi connectivity index (χ2v) is 4.40. The minimum atomic E-state index is -4.51. The van der Waals surface area contributed by atoms with Crippen molar-refractivity contribution < 1.29 is 27.5 Å². The number of hydrogen-bond donors (Lipinski definition) is 3. The molecule has 128 valence electrons. The van der Waals surface area contributed by atoms with E-state index in [-0.39, 0.29) is 24.6 Å². The van der Waals surface area contributed by atoms with Crippen molar-refractivity contribution in [2.75, 3.05) is 25.0 Å². The molecule has 0 saturated heterocycles. The Morgan fingerprint density at radius 3 is 2.48 bits per heavy atom. The van der Waals surface area contributed by atoms with Gasteiger partial charge in [-0.3, -0.25) is 10.1 Å². The van der Waals surface area contributed by atoms with E-state index in [4.69, 9.17) is 4.74 Å². The van der Waals surface area contributed by atoms with Gasteiger partial charge in [-0.05, 0) is 32.0 Å². The largest absolute Gasteiger partial charge is 0.492 e.